The maximum Gasteiger partial charge on any atom is 0.245 e. The number of hydrogen-bond donors (Lipinski definition) is 0. The Bertz CT molecular complexity index is 86.5. The summed E-state index contributed by atoms with van der Waals surface area (Å²) in [4.78, 5) is 11.8. The Morgan fingerprint density at radius 1 is 1.62 bits per heavy atom. The predicted molar refractivity (Wildman–Crippen MR) is 35.6 cm³/mol. The van der Waals surface area contributed by atoms with Gasteiger partial charge in [-0.1, -0.05) is 14.0 Å². The Hall–Kier alpha value is -0.790. The smallest absolute Gasteiger partial charge is 0.245 e. The van der Waals surface area contributed by atoms with Gasteiger partial charge in [0.25, 0.3) is 0 Å². The molecule has 0 N–H and O–H groups in total. The summed E-state index contributed by atoms with van der Waals surface area (Å²) < 4.78 is 0. The van der Waals surface area contributed by atoms with E-state index < -0.39 is 0 Å². The summed E-state index contributed by atoms with van der Waals surface area (Å²) in [6.45, 7) is 3.29. The molecule has 0 rings (SSSR count). The monoisotopic (exact) mass is 115 g/mol. The SMILES string of the molecule is C.C=CC(=O)N(C)C. The molecule has 0 heterocycles. The molecule has 0 aliphatic rings. The van der Waals surface area contributed by atoms with Crippen LogP contribution in [-0.2, 0) is 4.79 Å². The first kappa shape index (κ1) is 10.2. The fourth-order valence-corrected chi connectivity index (χ4v) is 0.183. The maximum absolute atomic E-state index is 10.3. The minimum absolute atomic E-state index is 0. The van der Waals surface area contributed by atoms with Gasteiger partial charge in [0.1, 0.15) is 0 Å². The highest BCUT2D eigenvalue weighted by Gasteiger charge is 1.91. The van der Waals surface area contributed by atoms with E-state index in [1.54, 1.807) is 14.1 Å². The van der Waals surface area contributed by atoms with Crippen molar-refractivity contribution in [3.63, 3.8) is 0 Å². The second kappa shape index (κ2) is 4.37. The lowest BCUT2D eigenvalue weighted by molar-refractivity contribution is -0.123. The van der Waals surface area contributed by atoms with Crippen LogP contribution >= 0.6 is 0 Å². The third-order valence-electron chi connectivity index (χ3n) is 0.615. The molecule has 0 radical (unpaired) electrons. The fraction of sp³-hybridized carbons (Fsp3) is 0.500. The third-order valence-corrected chi connectivity index (χ3v) is 0.615. The maximum atomic E-state index is 10.3. The van der Waals surface area contributed by atoms with E-state index in [4.69, 9.17) is 0 Å². The lowest BCUT2D eigenvalue weighted by Crippen LogP contribution is -2.18. The number of carbonyl (C=O) groups is 1. The normalized spacial score (nSPS) is 6.75. The van der Waals surface area contributed by atoms with Gasteiger partial charge < -0.3 is 4.90 Å². The number of rotatable bonds is 1. The molecule has 0 spiro atoms. The van der Waals surface area contributed by atoms with Crippen molar-refractivity contribution in [2.24, 2.45) is 0 Å². The molecule has 0 aromatic rings. The zero-order valence-corrected chi connectivity index (χ0v) is 4.64. The molecule has 0 aliphatic heterocycles. The molecule has 0 saturated heterocycles. The van der Waals surface area contributed by atoms with Crippen molar-refractivity contribution in [2.75, 3.05) is 14.1 Å². The van der Waals surface area contributed by atoms with E-state index in [2.05, 4.69) is 6.58 Å². The Morgan fingerprint density at radius 2 is 2.00 bits per heavy atom. The first-order valence-electron chi connectivity index (χ1n) is 2.02. The van der Waals surface area contributed by atoms with E-state index in [-0.39, 0.29) is 13.3 Å². The minimum atomic E-state index is -0.0556. The largest absolute Gasteiger partial charge is 0.345 e. The van der Waals surface area contributed by atoms with Crippen LogP contribution in [0.1, 0.15) is 7.43 Å². The molecule has 0 fully saturated rings. The molecule has 0 atom stereocenters. The van der Waals surface area contributed by atoms with E-state index >= 15 is 0 Å². The summed E-state index contributed by atoms with van der Waals surface area (Å²) in [5.74, 6) is -0.0556. The molecule has 0 unspecified atom stereocenters. The van der Waals surface area contributed by atoms with E-state index in [1.807, 2.05) is 0 Å². The van der Waals surface area contributed by atoms with Gasteiger partial charge in [0.2, 0.25) is 5.91 Å². The summed E-state index contributed by atoms with van der Waals surface area (Å²) in [5, 5.41) is 0. The standard InChI is InChI=1S/C5H9NO.CH4/c1-4-5(7)6(2)3;/h4H,1H2,2-3H3;1H4. The van der Waals surface area contributed by atoms with Crippen LogP contribution < -0.4 is 0 Å². The number of nitrogens with zero attached hydrogens (tertiary/aromatic N) is 1. The minimum Gasteiger partial charge on any atom is -0.345 e. The van der Waals surface area contributed by atoms with Crippen molar-refractivity contribution < 1.29 is 4.79 Å². The van der Waals surface area contributed by atoms with Crippen molar-refractivity contribution >= 4 is 5.91 Å². The van der Waals surface area contributed by atoms with Crippen LogP contribution in [0.2, 0.25) is 0 Å². The zero-order chi connectivity index (χ0) is 5.86. The Labute approximate surface area is 50.8 Å². The van der Waals surface area contributed by atoms with E-state index in [0.29, 0.717) is 0 Å². The Kier molecular flexibility index (Phi) is 5.60. The second-order valence-corrected chi connectivity index (χ2v) is 1.44. The molecule has 2 heteroatoms. The highest BCUT2D eigenvalue weighted by Crippen LogP contribution is 1.74. The van der Waals surface area contributed by atoms with Crippen LogP contribution in [-0.4, -0.2) is 24.9 Å². The van der Waals surface area contributed by atoms with Gasteiger partial charge in [-0.15, -0.1) is 0 Å². The quantitative estimate of drug-likeness (QED) is 0.465. The van der Waals surface area contributed by atoms with Gasteiger partial charge in [-0.05, 0) is 6.08 Å². The second-order valence-electron chi connectivity index (χ2n) is 1.44. The average molecular weight is 115 g/mol. The highest BCUT2D eigenvalue weighted by molar-refractivity contribution is 5.86. The van der Waals surface area contributed by atoms with Crippen LogP contribution in [0.5, 0.6) is 0 Å². The number of carbonyl (C=O) groups excluding carboxylic acids is 1. The summed E-state index contributed by atoms with van der Waals surface area (Å²) in [7, 11) is 3.37. The highest BCUT2D eigenvalue weighted by atomic mass is 16.2. The Balaban J connectivity index is 0. The average Bonchev–Trinajstić information content (AvgIpc) is 1.65. The van der Waals surface area contributed by atoms with Crippen LogP contribution in [0.15, 0.2) is 12.7 Å². The van der Waals surface area contributed by atoms with E-state index in [9.17, 15) is 4.79 Å². The molecule has 0 aliphatic carbocycles. The van der Waals surface area contributed by atoms with E-state index in [1.165, 1.54) is 11.0 Å². The fourth-order valence-electron chi connectivity index (χ4n) is 0.183. The van der Waals surface area contributed by atoms with E-state index in [0.717, 1.165) is 0 Å². The first-order valence-corrected chi connectivity index (χ1v) is 2.02. The van der Waals surface area contributed by atoms with Gasteiger partial charge in [-0.3, -0.25) is 4.79 Å². The van der Waals surface area contributed by atoms with Gasteiger partial charge in [0.05, 0.1) is 0 Å². The lowest BCUT2D eigenvalue weighted by atomic mass is 10.5. The van der Waals surface area contributed by atoms with Crippen molar-refractivity contribution in [1.29, 1.82) is 0 Å². The Morgan fingerprint density at radius 3 is 2.00 bits per heavy atom. The van der Waals surface area contributed by atoms with Gasteiger partial charge in [0, 0.05) is 14.1 Å². The molecule has 0 bridgehead atoms. The number of likely N-dealkylation sites (N-methyl/N-ethyl adjacent to an activating group) is 1. The number of hydrogen-bond acceptors (Lipinski definition) is 1. The van der Waals surface area contributed by atoms with Gasteiger partial charge in [0.15, 0.2) is 0 Å². The van der Waals surface area contributed by atoms with Crippen molar-refractivity contribution in [3.8, 4) is 0 Å². The lowest BCUT2D eigenvalue weighted by Gasteiger charge is -2.03. The number of amides is 1. The molecule has 0 aromatic carbocycles. The topological polar surface area (TPSA) is 20.3 Å². The molecule has 48 valence electrons. The van der Waals surface area contributed by atoms with Crippen LogP contribution in [0, 0.1) is 0 Å². The zero-order valence-electron chi connectivity index (χ0n) is 4.64. The van der Waals surface area contributed by atoms with Crippen molar-refractivity contribution in [3.05, 3.63) is 12.7 Å². The molecule has 2 nitrogen and oxygen atoms in total. The summed E-state index contributed by atoms with van der Waals surface area (Å²) >= 11 is 0. The summed E-state index contributed by atoms with van der Waals surface area (Å²) in [6, 6.07) is 0. The predicted octanol–water partition coefficient (Wildman–Crippen LogP) is 0.897. The summed E-state index contributed by atoms with van der Waals surface area (Å²) in [6.07, 6.45) is 1.28. The molecule has 0 aromatic heterocycles. The van der Waals surface area contributed by atoms with Gasteiger partial charge in [-0.25, -0.2) is 0 Å². The summed E-state index contributed by atoms with van der Waals surface area (Å²) in [5.41, 5.74) is 0. The van der Waals surface area contributed by atoms with Crippen LogP contribution in [0.4, 0.5) is 0 Å². The van der Waals surface area contributed by atoms with Crippen LogP contribution in [0.25, 0.3) is 0 Å². The van der Waals surface area contributed by atoms with Gasteiger partial charge in [-0.2, -0.15) is 0 Å². The molecule has 8 heavy (non-hydrogen) atoms. The first-order chi connectivity index (χ1) is 3.18. The van der Waals surface area contributed by atoms with Gasteiger partial charge >= 0.3 is 0 Å². The van der Waals surface area contributed by atoms with Crippen LogP contribution in [0.3, 0.4) is 0 Å². The molecular weight excluding hydrogens is 102 g/mol. The molecular formula is C6H13NO. The molecule has 1 amide bonds. The third kappa shape index (κ3) is 3.40. The van der Waals surface area contributed by atoms with Crippen molar-refractivity contribution in [2.45, 2.75) is 7.43 Å². The van der Waals surface area contributed by atoms with Crippen molar-refractivity contribution in [1.82, 2.24) is 4.90 Å². The molecule has 0 saturated carbocycles.